The number of ether oxygens (including phenoxy) is 1. The molecule has 0 fully saturated rings. The number of amides is 1. The number of nitrogens with zero attached hydrogens (tertiary/aromatic N) is 2. The van der Waals surface area contributed by atoms with Crippen molar-refractivity contribution in [2.24, 2.45) is 0 Å². The van der Waals surface area contributed by atoms with E-state index in [0.717, 1.165) is 34.6 Å². The van der Waals surface area contributed by atoms with Gasteiger partial charge < -0.3 is 14.5 Å². The molecule has 1 N–H and O–H groups in total. The molecule has 0 aliphatic rings. The minimum absolute atomic E-state index is 0.183. The number of nitrogens with one attached hydrogen (secondary N) is 1. The second-order valence-electron chi connectivity index (χ2n) is 5.88. The summed E-state index contributed by atoms with van der Waals surface area (Å²) in [5.74, 6) is 0.127. The first-order valence-electron chi connectivity index (χ1n) is 8.35. The summed E-state index contributed by atoms with van der Waals surface area (Å²) in [5.41, 5.74) is 2.92. The van der Waals surface area contributed by atoms with Gasteiger partial charge in [0.15, 0.2) is 6.61 Å². The maximum absolute atomic E-state index is 12.2. The zero-order valence-electron chi connectivity index (χ0n) is 14.4. The summed E-state index contributed by atoms with van der Waals surface area (Å²) in [6, 6.07) is 12.1. The van der Waals surface area contributed by atoms with Gasteiger partial charge in [-0.15, -0.1) is 0 Å². The summed E-state index contributed by atoms with van der Waals surface area (Å²) in [5, 5.41) is 3.63. The fourth-order valence-corrected chi connectivity index (χ4v) is 3.38. The highest BCUT2D eigenvalue weighted by atomic mass is 32.1. The molecular formula is C19H15N3O4S. The topological polar surface area (TPSA) is 94.3 Å². The van der Waals surface area contributed by atoms with Gasteiger partial charge in [-0.05, 0) is 36.2 Å². The van der Waals surface area contributed by atoms with Gasteiger partial charge in [0, 0.05) is 17.5 Å². The third kappa shape index (κ3) is 3.52. The van der Waals surface area contributed by atoms with Gasteiger partial charge in [-0.3, -0.25) is 4.79 Å². The normalized spacial score (nSPS) is 11.0. The fraction of sp³-hybridized carbons (Fsp3) is 0.158. The Morgan fingerprint density at radius 2 is 2.11 bits per heavy atom. The molecular weight excluding hydrogens is 366 g/mol. The van der Waals surface area contributed by atoms with Crippen molar-refractivity contribution in [1.82, 2.24) is 8.75 Å². The minimum Gasteiger partial charge on any atom is -0.484 e. The maximum Gasteiger partial charge on any atom is 0.336 e. The number of rotatable bonds is 5. The number of aryl methyl sites for hydroxylation is 1. The Morgan fingerprint density at radius 1 is 1.22 bits per heavy atom. The number of carbonyl (C=O) groups is 1. The van der Waals surface area contributed by atoms with Gasteiger partial charge in [0.25, 0.3) is 5.91 Å². The summed E-state index contributed by atoms with van der Waals surface area (Å²) < 4.78 is 19.1. The van der Waals surface area contributed by atoms with Gasteiger partial charge >= 0.3 is 5.63 Å². The third-order valence-corrected chi connectivity index (χ3v) is 4.66. The first-order valence-corrected chi connectivity index (χ1v) is 9.08. The van der Waals surface area contributed by atoms with E-state index in [4.69, 9.17) is 9.15 Å². The second-order valence-corrected chi connectivity index (χ2v) is 6.41. The van der Waals surface area contributed by atoms with Gasteiger partial charge in [0.1, 0.15) is 22.4 Å². The van der Waals surface area contributed by atoms with Crippen molar-refractivity contribution < 1.29 is 13.9 Å². The quantitative estimate of drug-likeness (QED) is 0.533. The Labute approximate surface area is 157 Å². The molecule has 0 atom stereocenters. The summed E-state index contributed by atoms with van der Waals surface area (Å²) in [7, 11) is 0. The molecule has 0 spiro atoms. The Bertz CT molecular complexity index is 1200. The molecule has 0 unspecified atom stereocenters. The highest BCUT2D eigenvalue weighted by Crippen LogP contribution is 2.24. The minimum atomic E-state index is -0.404. The number of carbonyl (C=O) groups excluding carboxylic acids is 1. The SMILES string of the molecule is CCc1cc(=O)oc2cc(OCC(=O)Nc3cccc4nsnc34)ccc12. The van der Waals surface area contributed by atoms with Crippen LogP contribution in [0.4, 0.5) is 5.69 Å². The van der Waals surface area contributed by atoms with E-state index in [9.17, 15) is 9.59 Å². The average Bonchev–Trinajstić information content (AvgIpc) is 3.15. The molecule has 27 heavy (non-hydrogen) atoms. The van der Waals surface area contributed by atoms with Crippen LogP contribution in [0.1, 0.15) is 12.5 Å². The molecule has 2 heterocycles. The molecule has 4 rings (SSSR count). The van der Waals surface area contributed by atoms with Crippen LogP contribution >= 0.6 is 11.7 Å². The van der Waals surface area contributed by atoms with E-state index in [1.54, 1.807) is 24.3 Å². The molecule has 0 saturated heterocycles. The lowest BCUT2D eigenvalue weighted by Gasteiger charge is -2.09. The number of benzene rings is 2. The molecule has 7 nitrogen and oxygen atoms in total. The van der Waals surface area contributed by atoms with Gasteiger partial charge in [0.2, 0.25) is 0 Å². The lowest BCUT2D eigenvalue weighted by Crippen LogP contribution is -2.20. The van der Waals surface area contributed by atoms with E-state index in [0.29, 0.717) is 22.5 Å². The monoisotopic (exact) mass is 381 g/mol. The second kappa shape index (κ2) is 7.16. The van der Waals surface area contributed by atoms with Crippen LogP contribution in [-0.2, 0) is 11.2 Å². The van der Waals surface area contributed by atoms with Crippen molar-refractivity contribution in [2.45, 2.75) is 13.3 Å². The zero-order valence-corrected chi connectivity index (χ0v) is 15.2. The van der Waals surface area contributed by atoms with Crippen LogP contribution in [0, 0.1) is 0 Å². The molecule has 1 amide bonds. The van der Waals surface area contributed by atoms with E-state index < -0.39 is 5.63 Å². The molecule has 0 aliphatic carbocycles. The standard InChI is InChI=1S/C19H15N3O4S/c1-2-11-8-18(24)26-16-9-12(6-7-13(11)16)25-10-17(23)20-14-4-3-5-15-19(14)22-27-21-15/h3-9H,2,10H2,1H3,(H,20,23). The van der Waals surface area contributed by atoms with Crippen LogP contribution < -0.4 is 15.7 Å². The maximum atomic E-state index is 12.2. The molecule has 136 valence electrons. The first kappa shape index (κ1) is 17.2. The van der Waals surface area contributed by atoms with Crippen LogP contribution in [0.15, 0.2) is 51.7 Å². The lowest BCUT2D eigenvalue weighted by atomic mass is 10.1. The Hall–Kier alpha value is -3.26. The molecule has 0 saturated carbocycles. The van der Waals surface area contributed by atoms with Gasteiger partial charge in [-0.2, -0.15) is 8.75 Å². The smallest absolute Gasteiger partial charge is 0.336 e. The van der Waals surface area contributed by atoms with Crippen LogP contribution in [0.2, 0.25) is 0 Å². The van der Waals surface area contributed by atoms with Crippen molar-refractivity contribution in [3.8, 4) is 5.75 Å². The van der Waals surface area contributed by atoms with E-state index in [1.807, 2.05) is 19.1 Å². The summed E-state index contributed by atoms with van der Waals surface area (Å²) in [6.07, 6.45) is 0.724. The molecule has 2 aromatic heterocycles. The lowest BCUT2D eigenvalue weighted by molar-refractivity contribution is -0.118. The van der Waals surface area contributed by atoms with Crippen LogP contribution in [0.25, 0.3) is 22.0 Å². The fourth-order valence-electron chi connectivity index (χ4n) is 2.83. The van der Waals surface area contributed by atoms with E-state index in [2.05, 4.69) is 14.1 Å². The van der Waals surface area contributed by atoms with Gasteiger partial charge in [0.05, 0.1) is 17.4 Å². The number of anilines is 1. The van der Waals surface area contributed by atoms with Crippen molar-refractivity contribution in [3.05, 3.63) is 58.4 Å². The number of hydrogen-bond acceptors (Lipinski definition) is 7. The summed E-state index contributed by atoms with van der Waals surface area (Å²) in [6.45, 7) is 1.79. The molecule has 8 heteroatoms. The van der Waals surface area contributed by atoms with Crippen molar-refractivity contribution in [2.75, 3.05) is 11.9 Å². The predicted octanol–water partition coefficient (Wildman–Crippen LogP) is 3.38. The Kier molecular flexibility index (Phi) is 4.55. The summed E-state index contributed by atoms with van der Waals surface area (Å²) in [4.78, 5) is 23.9. The van der Waals surface area contributed by atoms with E-state index in [-0.39, 0.29) is 12.5 Å². The third-order valence-electron chi connectivity index (χ3n) is 4.11. The highest BCUT2D eigenvalue weighted by molar-refractivity contribution is 7.00. The van der Waals surface area contributed by atoms with Crippen LogP contribution in [0.5, 0.6) is 5.75 Å². The molecule has 2 aromatic carbocycles. The first-order chi connectivity index (χ1) is 13.1. The number of hydrogen-bond donors (Lipinski definition) is 1. The molecule has 0 bridgehead atoms. The zero-order chi connectivity index (χ0) is 18.8. The summed E-state index contributed by atoms with van der Waals surface area (Å²) >= 11 is 1.09. The highest BCUT2D eigenvalue weighted by Gasteiger charge is 2.10. The van der Waals surface area contributed by atoms with Crippen molar-refractivity contribution in [3.63, 3.8) is 0 Å². The van der Waals surface area contributed by atoms with Gasteiger partial charge in [-0.1, -0.05) is 13.0 Å². The average molecular weight is 381 g/mol. The Morgan fingerprint density at radius 3 is 2.96 bits per heavy atom. The van der Waals surface area contributed by atoms with Crippen molar-refractivity contribution >= 4 is 45.3 Å². The molecule has 0 radical (unpaired) electrons. The van der Waals surface area contributed by atoms with Gasteiger partial charge in [-0.25, -0.2) is 4.79 Å². The Balaban J connectivity index is 1.49. The number of aromatic nitrogens is 2. The van der Waals surface area contributed by atoms with Crippen molar-refractivity contribution in [1.29, 1.82) is 0 Å². The largest absolute Gasteiger partial charge is 0.484 e. The number of fused-ring (bicyclic) bond motifs is 2. The van der Waals surface area contributed by atoms with E-state index >= 15 is 0 Å². The van der Waals surface area contributed by atoms with Crippen LogP contribution in [0.3, 0.4) is 0 Å². The predicted molar refractivity (Wildman–Crippen MR) is 103 cm³/mol. The molecule has 0 aliphatic heterocycles. The molecule has 4 aromatic rings. The van der Waals surface area contributed by atoms with Crippen LogP contribution in [-0.4, -0.2) is 21.3 Å². The van der Waals surface area contributed by atoms with E-state index in [1.165, 1.54) is 6.07 Å².